The maximum absolute atomic E-state index is 15.0. The van der Waals surface area contributed by atoms with E-state index in [9.17, 15) is 18.3 Å². The van der Waals surface area contributed by atoms with Crippen LogP contribution in [0.3, 0.4) is 0 Å². The summed E-state index contributed by atoms with van der Waals surface area (Å²) >= 11 is 0. The standard InChI is InChI=1S/C16H22FN3O5S/c1-9(2)3-4-18-10-5-11-13(25-8-10)6-12(21)16(15(11)17)20-7-14(22)19-26(20,23)24/h6,9-10,18,21H,3-5,7-8H2,1-2H3,(H,19,22)/t10-/m0/s1. The minimum absolute atomic E-state index is 0.122. The predicted molar refractivity (Wildman–Crippen MR) is 92.9 cm³/mol. The Bertz CT molecular complexity index is 828. The molecular formula is C16H22FN3O5S. The molecule has 144 valence electrons. The molecule has 1 amide bonds. The molecule has 0 spiro atoms. The van der Waals surface area contributed by atoms with Gasteiger partial charge in [0.15, 0.2) is 5.82 Å². The Kier molecular flexibility index (Phi) is 4.98. The fourth-order valence-corrected chi connectivity index (χ4v) is 4.21. The zero-order valence-electron chi connectivity index (χ0n) is 14.6. The molecule has 1 aromatic rings. The fraction of sp³-hybridized carbons (Fsp3) is 0.562. The van der Waals surface area contributed by atoms with E-state index in [0.717, 1.165) is 13.0 Å². The van der Waals surface area contributed by atoms with Gasteiger partial charge in [-0.3, -0.25) is 4.79 Å². The van der Waals surface area contributed by atoms with Crippen molar-refractivity contribution < 1.29 is 27.4 Å². The van der Waals surface area contributed by atoms with Gasteiger partial charge >= 0.3 is 10.2 Å². The third kappa shape index (κ3) is 3.56. The molecule has 0 unspecified atom stereocenters. The van der Waals surface area contributed by atoms with E-state index < -0.39 is 39.9 Å². The van der Waals surface area contributed by atoms with Crippen LogP contribution in [0.25, 0.3) is 0 Å². The number of anilines is 1. The molecule has 1 aromatic carbocycles. The first kappa shape index (κ1) is 18.7. The van der Waals surface area contributed by atoms with Crippen LogP contribution in [0.4, 0.5) is 10.1 Å². The summed E-state index contributed by atoms with van der Waals surface area (Å²) in [6, 6.07) is 1.07. The van der Waals surface area contributed by atoms with Gasteiger partial charge in [-0.15, -0.1) is 0 Å². The highest BCUT2D eigenvalue weighted by molar-refractivity contribution is 7.92. The van der Waals surface area contributed by atoms with Crippen LogP contribution in [-0.2, 0) is 21.4 Å². The maximum Gasteiger partial charge on any atom is 0.326 e. The summed E-state index contributed by atoms with van der Waals surface area (Å²) in [4.78, 5) is 11.4. The Hall–Kier alpha value is -2.07. The van der Waals surface area contributed by atoms with Crippen LogP contribution in [0.2, 0.25) is 0 Å². The number of amides is 1. The van der Waals surface area contributed by atoms with Crippen molar-refractivity contribution in [2.45, 2.75) is 32.7 Å². The highest BCUT2D eigenvalue weighted by atomic mass is 32.2. The van der Waals surface area contributed by atoms with Crippen LogP contribution in [-0.4, -0.2) is 45.2 Å². The second-order valence-corrected chi connectivity index (χ2v) is 8.52. The van der Waals surface area contributed by atoms with Crippen LogP contribution in [0.1, 0.15) is 25.8 Å². The van der Waals surface area contributed by atoms with Crippen LogP contribution < -0.4 is 19.1 Å². The Morgan fingerprint density at radius 2 is 2.23 bits per heavy atom. The molecule has 1 fully saturated rings. The number of carbonyl (C=O) groups excluding carboxylic acids is 1. The van der Waals surface area contributed by atoms with Gasteiger partial charge in [0.25, 0.3) is 5.91 Å². The molecule has 3 rings (SSSR count). The molecule has 2 aliphatic heterocycles. The lowest BCUT2D eigenvalue weighted by molar-refractivity contribution is -0.117. The molecule has 0 aromatic heterocycles. The Labute approximate surface area is 151 Å². The summed E-state index contributed by atoms with van der Waals surface area (Å²) in [5, 5.41) is 13.4. The molecule has 10 heteroatoms. The fourth-order valence-electron chi connectivity index (χ4n) is 3.05. The molecule has 0 aliphatic carbocycles. The van der Waals surface area contributed by atoms with Crippen molar-refractivity contribution in [2.75, 3.05) is 24.0 Å². The van der Waals surface area contributed by atoms with Crippen molar-refractivity contribution in [3.8, 4) is 11.5 Å². The number of halogens is 1. The van der Waals surface area contributed by atoms with Crippen LogP contribution in [0.15, 0.2) is 6.07 Å². The average Bonchev–Trinajstić information content (AvgIpc) is 2.80. The first-order valence-corrected chi connectivity index (χ1v) is 9.87. The van der Waals surface area contributed by atoms with E-state index in [0.29, 0.717) is 23.3 Å². The number of carbonyl (C=O) groups is 1. The minimum Gasteiger partial charge on any atom is -0.505 e. The van der Waals surface area contributed by atoms with Crippen molar-refractivity contribution in [1.29, 1.82) is 0 Å². The molecule has 3 N–H and O–H groups in total. The number of hydrogen-bond donors (Lipinski definition) is 3. The number of aromatic hydroxyl groups is 1. The quantitative estimate of drug-likeness (QED) is 0.685. The molecule has 8 nitrogen and oxygen atoms in total. The molecule has 1 atom stereocenters. The lowest BCUT2D eigenvalue weighted by Gasteiger charge is -2.28. The van der Waals surface area contributed by atoms with E-state index in [-0.39, 0.29) is 17.4 Å². The number of phenols is 1. The van der Waals surface area contributed by atoms with Crippen molar-refractivity contribution >= 4 is 21.8 Å². The Morgan fingerprint density at radius 3 is 2.85 bits per heavy atom. The topological polar surface area (TPSA) is 108 Å². The van der Waals surface area contributed by atoms with Gasteiger partial charge < -0.3 is 15.2 Å². The molecule has 2 heterocycles. The minimum atomic E-state index is -4.22. The maximum atomic E-state index is 15.0. The third-order valence-electron chi connectivity index (χ3n) is 4.40. The molecule has 0 saturated carbocycles. The summed E-state index contributed by atoms with van der Waals surface area (Å²) < 4.78 is 46.9. The van der Waals surface area contributed by atoms with Gasteiger partial charge in [-0.1, -0.05) is 13.8 Å². The van der Waals surface area contributed by atoms with E-state index in [1.165, 1.54) is 6.07 Å². The second kappa shape index (κ2) is 6.92. The number of phenolic OH excluding ortho intramolecular Hbond substituents is 1. The highest BCUT2D eigenvalue weighted by Gasteiger charge is 2.39. The van der Waals surface area contributed by atoms with Crippen LogP contribution in [0.5, 0.6) is 11.5 Å². The Morgan fingerprint density at radius 1 is 1.50 bits per heavy atom. The number of fused-ring (bicyclic) bond motifs is 1. The number of rotatable bonds is 5. The average molecular weight is 387 g/mol. The van der Waals surface area contributed by atoms with Crippen molar-refractivity contribution in [1.82, 2.24) is 10.0 Å². The van der Waals surface area contributed by atoms with Gasteiger partial charge in [0.1, 0.15) is 30.3 Å². The monoisotopic (exact) mass is 387 g/mol. The van der Waals surface area contributed by atoms with Crippen molar-refractivity contribution in [2.24, 2.45) is 5.92 Å². The summed E-state index contributed by atoms with van der Waals surface area (Å²) in [6.07, 6.45) is 1.26. The van der Waals surface area contributed by atoms with Gasteiger partial charge in [0, 0.05) is 17.7 Å². The molecule has 26 heavy (non-hydrogen) atoms. The summed E-state index contributed by atoms with van der Waals surface area (Å²) in [7, 11) is -4.22. The van der Waals surface area contributed by atoms with E-state index in [1.807, 2.05) is 0 Å². The predicted octanol–water partition coefficient (Wildman–Crippen LogP) is 0.651. The van der Waals surface area contributed by atoms with Gasteiger partial charge in [0.2, 0.25) is 0 Å². The van der Waals surface area contributed by atoms with Crippen molar-refractivity contribution in [3.63, 3.8) is 0 Å². The lowest BCUT2D eigenvalue weighted by Crippen LogP contribution is -2.40. The third-order valence-corrected chi connectivity index (χ3v) is 5.77. The van der Waals surface area contributed by atoms with Crippen LogP contribution >= 0.6 is 0 Å². The molecular weight excluding hydrogens is 365 g/mol. The summed E-state index contributed by atoms with van der Waals surface area (Å²) in [5.74, 6) is -1.56. The number of benzene rings is 1. The SMILES string of the molecule is CC(C)CCN[C@@H]1COc2cc(O)c(N3CC(=O)NS3(=O)=O)c(F)c2C1. The van der Waals surface area contributed by atoms with Crippen molar-refractivity contribution in [3.05, 3.63) is 17.4 Å². The van der Waals surface area contributed by atoms with E-state index in [1.54, 1.807) is 4.72 Å². The molecule has 2 aliphatic rings. The normalized spacial score (nSPS) is 21.5. The van der Waals surface area contributed by atoms with E-state index >= 15 is 4.39 Å². The van der Waals surface area contributed by atoms with E-state index in [2.05, 4.69) is 19.2 Å². The first-order valence-electron chi connectivity index (χ1n) is 8.43. The number of nitrogens with zero attached hydrogens (tertiary/aromatic N) is 1. The number of hydrogen-bond acceptors (Lipinski definition) is 6. The first-order chi connectivity index (χ1) is 12.2. The molecule has 1 saturated heterocycles. The highest BCUT2D eigenvalue weighted by Crippen LogP contribution is 2.41. The van der Waals surface area contributed by atoms with Crippen LogP contribution in [0, 0.1) is 11.7 Å². The Balaban J connectivity index is 1.88. The lowest BCUT2D eigenvalue weighted by atomic mass is 10.00. The van der Waals surface area contributed by atoms with Gasteiger partial charge in [-0.25, -0.2) is 13.4 Å². The summed E-state index contributed by atoms with van der Waals surface area (Å²) in [6.45, 7) is 4.71. The van der Waals surface area contributed by atoms with Gasteiger partial charge in [-0.2, -0.15) is 8.42 Å². The summed E-state index contributed by atoms with van der Waals surface area (Å²) in [5.41, 5.74) is -0.353. The van der Waals surface area contributed by atoms with Gasteiger partial charge in [-0.05, 0) is 25.3 Å². The smallest absolute Gasteiger partial charge is 0.326 e. The number of ether oxygens (including phenoxy) is 1. The zero-order chi connectivity index (χ0) is 19.1. The second-order valence-electron chi connectivity index (χ2n) is 6.92. The largest absolute Gasteiger partial charge is 0.505 e. The number of nitrogens with one attached hydrogen (secondary N) is 2. The molecule has 0 bridgehead atoms. The zero-order valence-corrected chi connectivity index (χ0v) is 15.4. The van der Waals surface area contributed by atoms with E-state index in [4.69, 9.17) is 4.74 Å². The molecule has 0 radical (unpaired) electrons. The van der Waals surface area contributed by atoms with Gasteiger partial charge in [0.05, 0.1) is 0 Å².